The van der Waals surface area contributed by atoms with Crippen molar-refractivity contribution in [3.05, 3.63) is 30.3 Å². The van der Waals surface area contributed by atoms with Gasteiger partial charge in [-0.1, -0.05) is 31.5 Å². The van der Waals surface area contributed by atoms with Gasteiger partial charge < -0.3 is 10.4 Å². The number of carboxylic acids is 1. The standard InChI is InChI=1S/C14H19NO3S/c1-2-6-12(14(17)18)15-13(16)9-10-19-11-7-4-3-5-8-11/h3-5,7-8,12H,2,6,9-10H2,1H3,(H,15,16)(H,17,18)/t12-/m0/s1. The van der Waals surface area contributed by atoms with Gasteiger partial charge in [0.1, 0.15) is 6.04 Å². The molecule has 0 aliphatic carbocycles. The molecule has 19 heavy (non-hydrogen) atoms. The highest BCUT2D eigenvalue weighted by Gasteiger charge is 2.18. The zero-order valence-corrected chi connectivity index (χ0v) is 11.8. The quantitative estimate of drug-likeness (QED) is 0.719. The summed E-state index contributed by atoms with van der Waals surface area (Å²) < 4.78 is 0. The van der Waals surface area contributed by atoms with E-state index in [1.807, 2.05) is 37.3 Å². The number of carbonyl (C=O) groups is 2. The zero-order valence-electron chi connectivity index (χ0n) is 11.0. The number of thioether (sulfide) groups is 1. The molecule has 5 heteroatoms. The van der Waals surface area contributed by atoms with Crippen LogP contribution >= 0.6 is 11.8 Å². The number of hydrogen-bond acceptors (Lipinski definition) is 3. The smallest absolute Gasteiger partial charge is 0.326 e. The molecular weight excluding hydrogens is 262 g/mol. The predicted molar refractivity (Wildman–Crippen MR) is 76.3 cm³/mol. The van der Waals surface area contributed by atoms with Crippen molar-refractivity contribution in [2.45, 2.75) is 37.1 Å². The first-order valence-electron chi connectivity index (χ1n) is 6.33. The minimum atomic E-state index is -0.967. The van der Waals surface area contributed by atoms with Crippen LogP contribution < -0.4 is 5.32 Å². The topological polar surface area (TPSA) is 66.4 Å². The molecule has 2 N–H and O–H groups in total. The van der Waals surface area contributed by atoms with Crippen LogP contribution in [0.1, 0.15) is 26.2 Å². The van der Waals surface area contributed by atoms with E-state index in [1.165, 1.54) is 0 Å². The molecular formula is C14H19NO3S. The fourth-order valence-corrected chi connectivity index (χ4v) is 2.46. The lowest BCUT2D eigenvalue weighted by molar-refractivity contribution is -0.142. The zero-order chi connectivity index (χ0) is 14.1. The summed E-state index contributed by atoms with van der Waals surface area (Å²) in [6, 6.07) is 9.05. The van der Waals surface area contributed by atoms with Crippen LogP contribution in [0.25, 0.3) is 0 Å². The Kier molecular flexibility index (Phi) is 7.03. The Morgan fingerprint density at radius 2 is 2.00 bits per heavy atom. The number of aliphatic carboxylic acids is 1. The lowest BCUT2D eigenvalue weighted by atomic mass is 10.1. The fraction of sp³-hybridized carbons (Fsp3) is 0.429. The fourth-order valence-electron chi connectivity index (χ4n) is 1.59. The van der Waals surface area contributed by atoms with Crippen molar-refractivity contribution in [2.75, 3.05) is 5.75 Å². The van der Waals surface area contributed by atoms with Crippen LogP contribution in [-0.4, -0.2) is 28.8 Å². The number of carbonyl (C=O) groups excluding carboxylic acids is 1. The second-order valence-corrected chi connectivity index (χ2v) is 5.33. The second kappa shape index (κ2) is 8.58. The Bertz CT molecular complexity index is 408. The molecule has 0 radical (unpaired) electrons. The average molecular weight is 281 g/mol. The highest BCUT2D eigenvalue weighted by atomic mass is 32.2. The van der Waals surface area contributed by atoms with Gasteiger partial charge in [0.15, 0.2) is 0 Å². The number of benzene rings is 1. The van der Waals surface area contributed by atoms with Gasteiger partial charge in [-0.2, -0.15) is 0 Å². The second-order valence-electron chi connectivity index (χ2n) is 4.16. The van der Waals surface area contributed by atoms with Crippen LogP contribution in [0, 0.1) is 0 Å². The van der Waals surface area contributed by atoms with Crippen molar-refractivity contribution in [1.82, 2.24) is 5.32 Å². The van der Waals surface area contributed by atoms with E-state index in [4.69, 9.17) is 5.11 Å². The molecule has 1 aromatic rings. The van der Waals surface area contributed by atoms with Gasteiger partial charge in [0.25, 0.3) is 0 Å². The maximum Gasteiger partial charge on any atom is 0.326 e. The minimum Gasteiger partial charge on any atom is -0.480 e. The Morgan fingerprint density at radius 1 is 1.32 bits per heavy atom. The monoisotopic (exact) mass is 281 g/mol. The first-order chi connectivity index (χ1) is 9.13. The summed E-state index contributed by atoms with van der Waals surface area (Å²) in [6.45, 7) is 1.90. The Hall–Kier alpha value is -1.49. The molecule has 0 aromatic heterocycles. The molecule has 0 saturated carbocycles. The molecule has 0 aliphatic rings. The third-order valence-electron chi connectivity index (χ3n) is 2.55. The van der Waals surface area contributed by atoms with Crippen molar-refractivity contribution in [2.24, 2.45) is 0 Å². The number of rotatable bonds is 8. The predicted octanol–water partition coefficient (Wildman–Crippen LogP) is 2.54. The molecule has 0 bridgehead atoms. The molecule has 0 saturated heterocycles. The lowest BCUT2D eigenvalue weighted by Gasteiger charge is -2.13. The van der Waals surface area contributed by atoms with Gasteiger partial charge in [0, 0.05) is 17.1 Å². The maximum absolute atomic E-state index is 11.6. The van der Waals surface area contributed by atoms with Gasteiger partial charge in [-0.15, -0.1) is 11.8 Å². The van der Waals surface area contributed by atoms with Crippen LogP contribution in [0.2, 0.25) is 0 Å². The molecule has 1 amide bonds. The van der Waals surface area contributed by atoms with Crippen molar-refractivity contribution in [3.63, 3.8) is 0 Å². The first kappa shape index (κ1) is 15.6. The highest BCUT2D eigenvalue weighted by molar-refractivity contribution is 7.99. The molecule has 4 nitrogen and oxygen atoms in total. The molecule has 0 unspecified atom stereocenters. The molecule has 0 spiro atoms. The molecule has 0 fully saturated rings. The van der Waals surface area contributed by atoms with E-state index in [0.29, 0.717) is 18.6 Å². The molecule has 1 aromatic carbocycles. The van der Waals surface area contributed by atoms with E-state index >= 15 is 0 Å². The lowest BCUT2D eigenvalue weighted by Crippen LogP contribution is -2.40. The molecule has 104 valence electrons. The summed E-state index contributed by atoms with van der Waals surface area (Å²) in [4.78, 5) is 23.6. The SMILES string of the molecule is CCC[C@H](NC(=O)CCSc1ccccc1)C(=O)O. The van der Waals surface area contributed by atoms with Gasteiger partial charge >= 0.3 is 5.97 Å². The maximum atomic E-state index is 11.6. The van der Waals surface area contributed by atoms with Gasteiger partial charge in [-0.05, 0) is 18.6 Å². The van der Waals surface area contributed by atoms with Crippen molar-refractivity contribution in [1.29, 1.82) is 0 Å². The average Bonchev–Trinajstić information content (AvgIpc) is 2.39. The van der Waals surface area contributed by atoms with E-state index in [-0.39, 0.29) is 5.91 Å². The van der Waals surface area contributed by atoms with Crippen LogP contribution in [0.5, 0.6) is 0 Å². The van der Waals surface area contributed by atoms with E-state index in [0.717, 1.165) is 11.3 Å². The minimum absolute atomic E-state index is 0.204. The summed E-state index contributed by atoms with van der Waals surface area (Å²) in [5, 5.41) is 11.5. The summed E-state index contributed by atoms with van der Waals surface area (Å²) in [5.41, 5.74) is 0. The van der Waals surface area contributed by atoms with Crippen molar-refractivity contribution in [3.8, 4) is 0 Å². The molecule has 1 rings (SSSR count). The third kappa shape index (κ3) is 6.29. The summed E-state index contributed by atoms with van der Waals surface area (Å²) in [7, 11) is 0. The normalized spacial score (nSPS) is 11.8. The summed E-state index contributed by atoms with van der Waals surface area (Å²) in [5.74, 6) is -0.524. The van der Waals surface area contributed by atoms with Crippen LogP contribution in [0.4, 0.5) is 0 Å². The number of amides is 1. The Balaban J connectivity index is 2.29. The van der Waals surface area contributed by atoms with Gasteiger partial charge in [0.05, 0.1) is 0 Å². The van der Waals surface area contributed by atoms with E-state index < -0.39 is 12.0 Å². The molecule has 0 heterocycles. The Morgan fingerprint density at radius 3 is 2.58 bits per heavy atom. The largest absolute Gasteiger partial charge is 0.480 e. The van der Waals surface area contributed by atoms with Gasteiger partial charge in [0.2, 0.25) is 5.91 Å². The van der Waals surface area contributed by atoms with E-state index in [9.17, 15) is 9.59 Å². The van der Waals surface area contributed by atoms with Crippen LogP contribution in [-0.2, 0) is 9.59 Å². The Labute approximate surface area is 117 Å². The number of nitrogens with one attached hydrogen (secondary N) is 1. The van der Waals surface area contributed by atoms with Crippen LogP contribution in [0.15, 0.2) is 35.2 Å². The van der Waals surface area contributed by atoms with Crippen molar-refractivity contribution >= 4 is 23.6 Å². The molecule has 1 atom stereocenters. The van der Waals surface area contributed by atoms with E-state index in [2.05, 4.69) is 5.32 Å². The summed E-state index contributed by atoms with van der Waals surface area (Å²) in [6.07, 6.45) is 1.52. The van der Waals surface area contributed by atoms with E-state index in [1.54, 1.807) is 11.8 Å². The van der Waals surface area contributed by atoms with Crippen molar-refractivity contribution < 1.29 is 14.7 Å². The first-order valence-corrected chi connectivity index (χ1v) is 7.32. The van der Waals surface area contributed by atoms with Crippen LogP contribution in [0.3, 0.4) is 0 Å². The van der Waals surface area contributed by atoms with Gasteiger partial charge in [-0.25, -0.2) is 4.79 Å². The molecule has 0 aliphatic heterocycles. The highest BCUT2D eigenvalue weighted by Crippen LogP contribution is 2.17. The van der Waals surface area contributed by atoms with Gasteiger partial charge in [-0.3, -0.25) is 4.79 Å². The number of carboxylic acid groups (broad SMARTS) is 1. The third-order valence-corrected chi connectivity index (χ3v) is 3.57. The number of hydrogen-bond donors (Lipinski definition) is 2. The summed E-state index contributed by atoms with van der Waals surface area (Å²) >= 11 is 1.59.